The number of hydrogen-bond donors (Lipinski definition) is 3. The standard InChI is InChI=1S/C24H29N5O4S/c1-24(2,3)20(14-9-10-17-18(13-14)33-12-11-32-17)26-22-21(27-34-28-22)25-16-8-6-7-15(19(16)30)23(31)29(4)5/h6-10,13,20,30H,11-12H2,1-5H3,(H,25,27)(H,26,28). The van der Waals surface area contributed by atoms with Gasteiger partial charge in [-0.05, 0) is 35.2 Å². The molecule has 0 saturated heterocycles. The lowest BCUT2D eigenvalue weighted by molar-refractivity contribution is 0.0824. The van der Waals surface area contributed by atoms with Crippen LogP contribution in [0.3, 0.4) is 0 Å². The second-order valence-corrected chi connectivity index (χ2v) is 9.86. The van der Waals surface area contributed by atoms with Crippen LogP contribution in [0.2, 0.25) is 0 Å². The van der Waals surface area contributed by atoms with E-state index >= 15 is 0 Å². The van der Waals surface area contributed by atoms with Gasteiger partial charge in [0.05, 0.1) is 29.0 Å². The van der Waals surface area contributed by atoms with Crippen molar-refractivity contribution in [3.05, 3.63) is 47.5 Å². The molecule has 1 unspecified atom stereocenters. The van der Waals surface area contributed by atoms with Crippen molar-refractivity contribution >= 4 is 35.0 Å². The molecular formula is C24H29N5O4S. The molecule has 4 rings (SSSR count). The molecule has 0 spiro atoms. The predicted octanol–water partition coefficient (Wildman–Crippen LogP) is 4.66. The normalized spacial score (nSPS) is 13.8. The van der Waals surface area contributed by atoms with Crippen molar-refractivity contribution in [2.45, 2.75) is 26.8 Å². The minimum atomic E-state index is -0.290. The number of amides is 1. The lowest BCUT2D eigenvalue weighted by Crippen LogP contribution is -2.26. The predicted molar refractivity (Wildman–Crippen MR) is 133 cm³/mol. The number of ether oxygens (including phenoxy) is 2. The van der Waals surface area contributed by atoms with Gasteiger partial charge >= 0.3 is 0 Å². The van der Waals surface area contributed by atoms with E-state index in [1.54, 1.807) is 32.3 Å². The third kappa shape index (κ3) is 4.86. The SMILES string of the molecule is CN(C)C(=O)c1cccc(Nc2nsnc2NC(c2ccc3c(c2)OCCO3)C(C)(C)C)c1O. The van der Waals surface area contributed by atoms with Crippen LogP contribution in [0.4, 0.5) is 17.3 Å². The highest BCUT2D eigenvalue weighted by Crippen LogP contribution is 2.41. The number of carbonyl (C=O) groups excluding carboxylic acids is 1. The Morgan fingerprint density at radius 2 is 1.79 bits per heavy atom. The van der Waals surface area contributed by atoms with Gasteiger partial charge in [-0.2, -0.15) is 8.75 Å². The van der Waals surface area contributed by atoms with Gasteiger partial charge in [0.15, 0.2) is 28.9 Å². The van der Waals surface area contributed by atoms with Gasteiger partial charge in [-0.15, -0.1) is 0 Å². The molecule has 1 amide bonds. The van der Waals surface area contributed by atoms with Crippen LogP contribution in [-0.2, 0) is 0 Å². The Morgan fingerprint density at radius 1 is 1.09 bits per heavy atom. The number of rotatable bonds is 6. The fourth-order valence-corrected chi connectivity index (χ4v) is 4.20. The summed E-state index contributed by atoms with van der Waals surface area (Å²) in [5.74, 6) is 2.04. The van der Waals surface area contributed by atoms with Crippen molar-refractivity contribution in [2.24, 2.45) is 5.41 Å². The first-order valence-corrected chi connectivity index (χ1v) is 11.7. The molecule has 1 aliphatic rings. The van der Waals surface area contributed by atoms with E-state index in [0.29, 0.717) is 30.5 Å². The van der Waals surface area contributed by atoms with Gasteiger partial charge in [0.25, 0.3) is 5.91 Å². The third-order valence-electron chi connectivity index (χ3n) is 5.46. The summed E-state index contributed by atoms with van der Waals surface area (Å²) in [5, 5.41) is 17.3. The average molecular weight is 484 g/mol. The number of benzene rings is 2. The highest BCUT2D eigenvalue weighted by atomic mass is 32.1. The number of nitrogens with one attached hydrogen (secondary N) is 2. The van der Waals surface area contributed by atoms with Gasteiger partial charge in [0.1, 0.15) is 13.2 Å². The molecular weight excluding hydrogens is 454 g/mol. The molecule has 180 valence electrons. The van der Waals surface area contributed by atoms with Crippen LogP contribution < -0.4 is 20.1 Å². The molecule has 0 aliphatic carbocycles. The molecule has 0 bridgehead atoms. The van der Waals surface area contributed by atoms with Gasteiger partial charge in [-0.25, -0.2) is 0 Å². The van der Waals surface area contributed by atoms with Gasteiger partial charge in [0, 0.05) is 14.1 Å². The number of carbonyl (C=O) groups is 1. The van der Waals surface area contributed by atoms with Crippen molar-refractivity contribution in [1.82, 2.24) is 13.6 Å². The average Bonchev–Trinajstić information content (AvgIpc) is 3.24. The zero-order valence-electron chi connectivity index (χ0n) is 19.9. The van der Waals surface area contributed by atoms with E-state index in [-0.39, 0.29) is 28.7 Å². The largest absolute Gasteiger partial charge is 0.505 e. The van der Waals surface area contributed by atoms with Crippen LogP contribution in [0, 0.1) is 5.41 Å². The van der Waals surface area contributed by atoms with Crippen LogP contribution >= 0.6 is 11.7 Å². The number of phenols is 1. The molecule has 10 heteroatoms. The smallest absolute Gasteiger partial charge is 0.257 e. The number of anilines is 3. The fraction of sp³-hybridized carbons (Fsp3) is 0.375. The van der Waals surface area contributed by atoms with Crippen molar-refractivity contribution in [2.75, 3.05) is 37.9 Å². The van der Waals surface area contributed by atoms with Crippen molar-refractivity contribution in [1.29, 1.82) is 0 Å². The van der Waals surface area contributed by atoms with Crippen molar-refractivity contribution in [3.63, 3.8) is 0 Å². The second kappa shape index (κ2) is 9.38. The van der Waals surface area contributed by atoms with E-state index in [4.69, 9.17) is 9.47 Å². The second-order valence-electron chi connectivity index (χ2n) is 9.33. The first-order valence-electron chi connectivity index (χ1n) is 10.9. The minimum absolute atomic E-state index is 0.122. The number of aromatic hydroxyl groups is 1. The van der Waals surface area contributed by atoms with Gasteiger partial charge in [-0.1, -0.05) is 32.9 Å². The first kappa shape index (κ1) is 23.6. The lowest BCUT2D eigenvalue weighted by atomic mass is 9.82. The highest BCUT2D eigenvalue weighted by molar-refractivity contribution is 6.99. The van der Waals surface area contributed by atoms with Gasteiger partial charge < -0.3 is 30.1 Å². The number of phenolic OH excluding ortho intramolecular Hbond substituents is 1. The van der Waals surface area contributed by atoms with Gasteiger partial charge in [0.2, 0.25) is 0 Å². The molecule has 3 aromatic rings. The molecule has 9 nitrogen and oxygen atoms in total. The number of nitrogens with zero attached hydrogens (tertiary/aromatic N) is 3. The molecule has 0 radical (unpaired) electrons. The number of hydrogen-bond acceptors (Lipinski definition) is 9. The zero-order valence-corrected chi connectivity index (χ0v) is 20.7. The molecule has 34 heavy (non-hydrogen) atoms. The maximum Gasteiger partial charge on any atom is 0.257 e. The third-order valence-corrected chi connectivity index (χ3v) is 5.99. The molecule has 1 aromatic heterocycles. The first-order chi connectivity index (χ1) is 16.1. The Kier molecular flexibility index (Phi) is 6.52. The molecule has 0 fully saturated rings. The summed E-state index contributed by atoms with van der Waals surface area (Å²) >= 11 is 1.05. The van der Waals surface area contributed by atoms with Gasteiger partial charge in [-0.3, -0.25) is 4.79 Å². The van der Waals surface area contributed by atoms with E-state index in [0.717, 1.165) is 28.8 Å². The summed E-state index contributed by atoms with van der Waals surface area (Å²) in [5.41, 5.74) is 1.42. The fourth-order valence-electron chi connectivity index (χ4n) is 3.73. The van der Waals surface area contributed by atoms with Crippen LogP contribution in [0.1, 0.15) is 42.7 Å². The number of para-hydroxylation sites is 1. The van der Waals surface area contributed by atoms with E-state index in [1.807, 2.05) is 18.2 Å². The molecule has 3 N–H and O–H groups in total. The molecule has 1 atom stereocenters. The monoisotopic (exact) mass is 483 g/mol. The molecule has 2 heterocycles. The minimum Gasteiger partial charge on any atom is -0.505 e. The van der Waals surface area contributed by atoms with Crippen LogP contribution in [0.5, 0.6) is 17.2 Å². The maximum atomic E-state index is 12.4. The number of aromatic nitrogens is 2. The molecule has 1 aliphatic heterocycles. The summed E-state index contributed by atoms with van der Waals surface area (Å²) in [4.78, 5) is 13.8. The van der Waals surface area contributed by atoms with Crippen LogP contribution in [-0.4, -0.2) is 52.0 Å². The Bertz CT molecular complexity index is 1190. The van der Waals surface area contributed by atoms with E-state index < -0.39 is 0 Å². The Hall–Kier alpha value is -3.53. The Balaban J connectivity index is 1.62. The summed E-state index contributed by atoms with van der Waals surface area (Å²) < 4.78 is 20.2. The Morgan fingerprint density at radius 3 is 2.50 bits per heavy atom. The molecule has 2 aromatic carbocycles. The maximum absolute atomic E-state index is 12.4. The zero-order chi connectivity index (χ0) is 24.5. The van der Waals surface area contributed by atoms with Crippen LogP contribution in [0.15, 0.2) is 36.4 Å². The number of fused-ring (bicyclic) bond motifs is 1. The summed E-state index contributed by atoms with van der Waals surface area (Å²) in [7, 11) is 3.28. The summed E-state index contributed by atoms with van der Waals surface area (Å²) in [6.07, 6.45) is 0. The van der Waals surface area contributed by atoms with Crippen molar-refractivity contribution in [3.8, 4) is 17.2 Å². The summed E-state index contributed by atoms with van der Waals surface area (Å²) in [6, 6.07) is 10.8. The quantitative estimate of drug-likeness (QED) is 0.435. The molecule has 0 saturated carbocycles. The lowest BCUT2D eigenvalue weighted by Gasteiger charge is -2.33. The Labute approximate surface area is 203 Å². The van der Waals surface area contributed by atoms with E-state index in [1.165, 1.54) is 4.90 Å². The van der Waals surface area contributed by atoms with Crippen LogP contribution in [0.25, 0.3) is 0 Å². The topological polar surface area (TPSA) is 109 Å². The van der Waals surface area contributed by atoms with E-state index in [2.05, 4.69) is 40.2 Å². The van der Waals surface area contributed by atoms with Crippen molar-refractivity contribution < 1.29 is 19.4 Å². The summed E-state index contributed by atoms with van der Waals surface area (Å²) in [6.45, 7) is 7.47. The van der Waals surface area contributed by atoms with E-state index in [9.17, 15) is 9.90 Å². The highest BCUT2D eigenvalue weighted by Gasteiger charge is 2.29.